The zero-order valence-electron chi connectivity index (χ0n) is 11.8. The van der Waals surface area contributed by atoms with E-state index in [0.29, 0.717) is 11.6 Å². The molecule has 1 heterocycles. The van der Waals surface area contributed by atoms with Gasteiger partial charge in [-0.3, -0.25) is 0 Å². The van der Waals surface area contributed by atoms with Gasteiger partial charge in [0.15, 0.2) is 11.5 Å². The third-order valence-corrected chi connectivity index (χ3v) is 3.68. The zero-order chi connectivity index (χ0) is 13.9. The van der Waals surface area contributed by atoms with Crippen molar-refractivity contribution in [3.05, 3.63) is 41.3 Å². The molecule has 0 atom stereocenters. The highest BCUT2D eigenvalue weighted by Gasteiger charge is 2.19. The highest BCUT2D eigenvalue weighted by Crippen LogP contribution is 2.35. The lowest BCUT2D eigenvalue weighted by Gasteiger charge is -2.12. The van der Waals surface area contributed by atoms with E-state index in [4.69, 9.17) is 9.47 Å². The van der Waals surface area contributed by atoms with E-state index < -0.39 is 0 Å². The first-order chi connectivity index (χ1) is 9.81. The largest absolute Gasteiger partial charge is 0.493 e. The first kappa shape index (κ1) is 12.9. The highest BCUT2D eigenvalue weighted by molar-refractivity contribution is 5.46. The normalized spacial score (nSPS) is 13.1. The molecular weight excluding hydrogens is 252 g/mol. The zero-order valence-corrected chi connectivity index (χ0v) is 11.8. The summed E-state index contributed by atoms with van der Waals surface area (Å²) < 4.78 is 11.4. The van der Waals surface area contributed by atoms with Crippen molar-refractivity contribution < 1.29 is 9.47 Å². The molecular formula is C16H18N2O2. The van der Waals surface area contributed by atoms with Gasteiger partial charge in [0.25, 0.3) is 0 Å². The van der Waals surface area contributed by atoms with E-state index in [9.17, 15) is 0 Å². The van der Waals surface area contributed by atoms with Crippen LogP contribution in [0.25, 0.3) is 0 Å². The smallest absolute Gasteiger partial charge is 0.225 e. The van der Waals surface area contributed by atoms with Crippen LogP contribution in [0.4, 0.5) is 0 Å². The predicted molar refractivity (Wildman–Crippen MR) is 76.5 cm³/mol. The Morgan fingerprint density at radius 2 is 2.05 bits per heavy atom. The Hall–Kier alpha value is -2.10. The summed E-state index contributed by atoms with van der Waals surface area (Å²) in [6.45, 7) is 2.12. The van der Waals surface area contributed by atoms with Crippen molar-refractivity contribution in [3.8, 4) is 17.4 Å². The van der Waals surface area contributed by atoms with Gasteiger partial charge in [-0.2, -0.15) is 0 Å². The number of hydrogen-bond acceptors (Lipinski definition) is 4. The SMILES string of the molecule is CCc1ccc(Oc2ncnc3c2CCC3)c(OC)c1. The number of benzene rings is 1. The summed E-state index contributed by atoms with van der Waals surface area (Å²) in [6, 6.07) is 6.01. The summed E-state index contributed by atoms with van der Waals surface area (Å²) in [6.07, 6.45) is 5.67. The van der Waals surface area contributed by atoms with Gasteiger partial charge in [0, 0.05) is 5.56 Å². The molecule has 1 aromatic carbocycles. The Balaban J connectivity index is 1.94. The molecule has 20 heavy (non-hydrogen) atoms. The van der Waals surface area contributed by atoms with Crippen LogP contribution < -0.4 is 9.47 Å². The van der Waals surface area contributed by atoms with Crippen LogP contribution in [0.1, 0.15) is 30.2 Å². The quantitative estimate of drug-likeness (QED) is 0.854. The van der Waals surface area contributed by atoms with Crippen molar-refractivity contribution in [3.63, 3.8) is 0 Å². The van der Waals surface area contributed by atoms with Gasteiger partial charge in [-0.25, -0.2) is 9.97 Å². The van der Waals surface area contributed by atoms with Crippen LogP contribution in [0, 0.1) is 0 Å². The lowest BCUT2D eigenvalue weighted by Crippen LogP contribution is -1.98. The maximum atomic E-state index is 5.97. The summed E-state index contributed by atoms with van der Waals surface area (Å²) in [4.78, 5) is 8.58. The number of aryl methyl sites for hydroxylation is 2. The first-order valence-electron chi connectivity index (χ1n) is 6.99. The molecule has 0 amide bonds. The van der Waals surface area contributed by atoms with E-state index in [1.807, 2.05) is 12.1 Å². The minimum Gasteiger partial charge on any atom is -0.493 e. The van der Waals surface area contributed by atoms with Gasteiger partial charge in [0.2, 0.25) is 5.88 Å². The molecule has 3 rings (SSSR count). The topological polar surface area (TPSA) is 44.2 Å². The Bertz CT molecular complexity index is 626. The van der Waals surface area contributed by atoms with Crippen LogP contribution in [0.5, 0.6) is 17.4 Å². The minimum absolute atomic E-state index is 0.662. The summed E-state index contributed by atoms with van der Waals surface area (Å²) in [5.41, 5.74) is 3.47. The summed E-state index contributed by atoms with van der Waals surface area (Å²) in [5, 5.41) is 0. The number of nitrogens with zero attached hydrogens (tertiary/aromatic N) is 2. The molecule has 0 aliphatic heterocycles. The molecule has 0 N–H and O–H groups in total. The fourth-order valence-corrected chi connectivity index (χ4v) is 2.54. The fourth-order valence-electron chi connectivity index (χ4n) is 2.54. The van der Waals surface area contributed by atoms with Crippen molar-refractivity contribution in [1.29, 1.82) is 0 Å². The van der Waals surface area contributed by atoms with E-state index in [1.165, 1.54) is 5.56 Å². The van der Waals surface area contributed by atoms with Gasteiger partial charge in [-0.1, -0.05) is 13.0 Å². The van der Waals surface area contributed by atoms with E-state index in [1.54, 1.807) is 13.4 Å². The standard InChI is InChI=1S/C16H18N2O2/c1-3-11-7-8-14(15(9-11)19-2)20-16-12-5-4-6-13(12)17-10-18-16/h7-10H,3-6H2,1-2H3. The van der Waals surface area contributed by atoms with Crippen LogP contribution in [0.15, 0.2) is 24.5 Å². The Kier molecular flexibility index (Phi) is 3.54. The van der Waals surface area contributed by atoms with Crippen LogP contribution in [0.3, 0.4) is 0 Å². The second kappa shape index (κ2) is 5.49. The van der Waals surface area contributed by atoms with E-state index >= 15 is 0 Å². The number of rotatable bonds is 4. The summed E-state index contributed by atoms with van der Waals surface area (Å²) in [7, 11) is 1.66. The third kappa shape index (κ3) is 2.33. The van der Waals surface area contributed by atoms with Crippen LogP contribution in [-0.2, 0) is 19.3 Å². The number of fused-ring (bicyclic) bond motifs is 1. The Morgan fingerprint density at radius 3 is 2.85 bits per heavy atom. The number of hydrogen-bond donors (Lipinski definition) is 0. The maximum absolute atomic E-state index is 5.97. The van der Waals surface area contributed by atoms with Crippen molar-refractivity contribution in [2.45, 2.75) is 32.6 Å². The molecule has 0 spiro atoms. The molecule has 104 valence electrons. The van der Waals surface area contributed by atoms with Crippen molar-refractivity contribution in [1.82, 2.24) is 9.97 Å². The maximum Gasteiger partial charge on any atom is 0.225 e. The van der Waals surface area contributed by atoms with Gasteiger partial charge in [-0.05, 0) is 43.4 Å². The second-order valence-corrected chi connectivity index (χ2v) is 4.90. The molecule has 4 heteroatoms. The molecule has 1 aromatic heterocycles. The molecule has 0 unspecified atom stereocenters. The molecule has 0 saturated heterocycles. The number of ether oxygens (including phenoxy) is 2. The van der Waals surface area contributed by atoms with E-state index in [0.717, 1.165) is 42.7 Å². The average Bonchev–Trinajstić information content (AvgIpc) is 2.97. The van der Waals surface area contributed by atoms with Crippen LogP contribution in [0.2, 0.25) is 0 Å². The van der Waals surface area contributed by atoms with Crippen LogP contribution >= 0.6 is 0 Å². The molecule has 2 aromatic rings. The molecule has 0 radical (unpaired) electrons. The Labute approximate surface area is 118 Å². The molecule has 1 aliphatic rings. The lowest BCUT2D eigenvalue weighted by atomic mass is 10.1. The van der Waals surface area contributed by atoms with E-state index in [2.05, 4.69) is 23.0 Å². The van der Waals surface area contributed by atoms with Gasteiger partial charge >= 0.3 is 0 Å². The molecule has 1 aliphatic carbocycles. The van der Waals surface area contributed by atoms with Gasteiger partial charge in [-0.15, -0.1) is 0 Å². The molecule has 0 fully saturated rings. The first-order valence-corrected chi connectivity index (χ1v) is 6.99. The van der Waals surface area contributed by atoms with Gasteiger partial charge in [0.1, 0.15) is 6.33 Å². The number of methoxy groups -OCH3 is 1. The van der Waals surface area contributed by atoms with Gasteiger partial charge in [0.05, 0.1) is 12.8 Å². The molecule has 4 nitrogen and oxygen atoms in total. The average molecular weight is 270 g/mol. The van der Waals surface area contributed by atoms with Crippen molar-refractivity contribution in [2.24, 2.45) is 0 Å². The predicted octanol–water partition coefficient (Wildman–Crippen LogP) is 3.33. The Morgan fingerprint density at radius 1 is 1.15 bits per heavy atom. The molecule has 0 saturated carbocycles. The van der Waals surface area contributed by atoms with Gasteiger partial charge < -0.3 is 9.47 Å². The molecule has 0 bridgehead atoms. The fraction of sp³-hybridized carbons (Fsp3) is 0.375. The second-order valence-electron chi connectivity index (χ2n) is 4.90. The number of aromatic nitrogens is 2. The van der Waals surface area contributed by atoms with Crippen molar-refractivity contribution in [2.75, 3.05) is 7.11 Å². The third-order valence-electron chi connectivity index (χ3n) is 3.68. The van der Waals surface area contributed by atoms with E-state index in [-0.39, 0.29) is 0 Å². The monoisotopic (exact) mass is 270 g/mol. The minimum atomic E-state index is 0.662. The van der Waals surface area contributed by atoms with Crippen molar-refractivity contribution >= 4 is 0 Å². The summed E-state index contributed by atoms with van der Waals surface area (Å²) >= 11 is 0. The highest BCUT2D eigenvalue weighted by atomic mass is 16.5. The van der Waals surface area contributed by atoms with Crippen LogP contribution in [-0.4, -0.2) is 17.1 Å². The lowest BCUT2D eigenvalue weighted by molar-refractivity contribution is 0.372. The summed E-state index contributed by atoms with van der Waals surface area (Å²) in [5.74, 6) is 2.11.